The quantitative estimate of drug-likeness (QED) is 0.698. The van der Waals surface area contributed by atoms with Crippen molar-refractivity contribution in [3.63, 3.8) is 0 Å². The third-order valence-electron chi connectivity index (χ3n) is 1.03. The molecule has 2 N–H and O–H groups in total. The highest BCUT2D eigenvalue weighted by atomic mass is 127. The lowest BCUT2D eigenvalue weighted by molar-refractivity contribution is 0.0994. The summed E-state index contributed by atoms with van der Waals surface area (Å²) >= 11 is 1.74. The number of primary amides is 1. The first-order valence-electron chi connectivity index (χ1n) is 2.66. The van der Waals surface area contributed by atoms with Crippen LogP contribution in [-0.2, 0) is 0 Å². The Balaban J connectivity index is 3.40. The number of nitrogens with two attached hydrogens (primary N) is 1. The van der Waals surface area contributed by atoms with Gasteiger partial charge in [0.1, 0.15) is 0 Å². The second kappa shape index (κ2) is 2.99. The zero-order valence-electron chi connectivity index (χ0n) is 5.32. The molecule has 0 aliphatic rings. The largest absolute Gasteiger partial charge is 0.364 e. The Morgan fingerprint density at radius 1 is 1.73 bits per heavy atom. The Kier molecular flexibility index (Phi) is 2.22. The van der Waals surface area contributed by atoms with E-state index in [0.29, 0.717) is 0 Å². The first-order chi connectivity index (χ1) is 5.13. The van der Waals surface area contributed by atoms with Crippen LogP contribution in [0.3, 0.4) is 0 Å². The molecule has 0 unspecified atom stereocenters. The summed E-state index contributed by atoms with van der Waals surface area (Å²) in [6.07, 6.45) is 2.78. The molecule has 6 heteroatoms. The van der Waals surface area contributed by atoms with Crippen LogP contribution in [0.2, 0.25) is 0 Å². The number of nitrogens with zero attached hydrogens (tertiary/aromatic N) is 2. The number of carbonyl (C=O) groups is 1. The van der Waals surface area contributed by atoms with Crippen LogP contribution in [0.5, 0.6) is 0 Å². The van der Waals surface area contributed by atoms with Crippen LogP contribution in [0, 0.1) is 0 Å². The number of aromatic nitrogens is 2. The van der Waals surface area contributed by atoms with E-state index in [2.05, 4.69) is 4.98 Å². The van der Waals surface area contributed by atoms with Crippen LogP contribution in [0.25, 0.3) is 0 Å². The van der Waals surface area contributed by atoms with Gasteiger partial charge in [-0.15, -0.1) is 0 Å². The smallest absolute Gasteiger partial charge is 0.290 e. The second-order valence-corrected chi connectivity index (χ2v) is 2.80. The van der Waals surface area contributed by atoms with E-state index in [1.54, 1.807) is 22.9 Å². The molecule has 1 aromatic rings. The van der Waals surface area contributed by atoms with Crippen molar-refractivity contribution in [1.82, 2.24) is 7.76 Å². The van der Waals surface area contributed by atoms with E-state index < -0.39 is 11.5 Å². The monoisotopic (exact) mass is 265 g/mol. The predicted octanol–water partition coefficient (Wildman–Crippen LogP) is -0.460. The van der Waals surface area contributed by atoms with Crippen LogP contribution in [0.1, 0.15) is 10.5 Å². The molecule has 5 nitrogen and oxygen atoms in total. The number of hydrogen-bond donors (Lipinski definition) is 1. The molecule has 0 radical (unpaired) electrons. The maximum absolute atomic E-state index is 11.0. The van der Waals surface area contributed by atoms with Gasteiger partial charge in [0, 0.05) is 12.4 Å². The van der Waals surface area contributed by atoms with Crippen LogP contribution >= 0.6 is 22.9 Å². The second-order valence-electron chi connectivity index (χ2n) is 1.76. The van der Waals surface area contributed by atoms with Crippen molar-refractivity contribution in [2.75, 3.05) is 0 Å². The average molecular weight is 265 g/mol. The van der Waals surface area contributed by atoms with E-state index in [1.165, 1.54) is 15.2 Å². The first kappa shape index (κ1) is 8.18. The minimum Gasteiger partial charge on any atom is -0.364 e. The summed E-state index contributed by atoms with van der Waals surface area (Å²) in [4.78, 5) is 25.0. The Bertz CT molecular complexity index is 346. The molecular weight excluding hydrogens is 261 g/mol. The summed E-state index contributed by atoms with van der Waals surface area (Å²) in [5.41, 5.74) is 4.15. The summed E-state index contributed by atoms with van der Waals surface area (Å²) in [6.45, 7) is 0. The van der Waals surface area contributed by atoms with Gasteiger partial charge >= 0.3 is 0 Å². The van der Waals surface area contributed by atoms with E-state index in [0.717, 1.165) is 0 Å². The van der Waals surface area contributed by atoms with E-state index in [4.69, 9.17) is 5.73 Å². The van der Waals surface area contributed by atoms with Crippen LogP contribution < -0.4 is 11.3 Å². The zero-order chi connectivity index (χ0) is 8.43. The fourth-order valence-electron chi connectivity index (χ4n) is 0.559. The Morgan fingerprint density at radius 2 is 2.36 bits per heavy atom. The Morgan fingerprint density at radius 3 is 2.82 bits per heavy atom. The SMILES string of the molecule is NC(=O)c1nccn(I)c1=O. The molecule has 0 spiro atoms. The molecule has 58 valence electrons. The van der Waals surface area contributed by atoms with Gasteiger partial charge in [0.05, 0.1) is 22.9 Å². The molecule has 0 aromatic carbocycles. The molecule has 0 saturated carbocycles. The lowest BCUT2D eigenvalue weighted by atomic mass is 10.4. The van der Waals surface area contributed by atoms with Crippen molar-refractivity contribution in [3.8, 4) is 0 Å². The van der Waals surface area contributed by atoms with Gasteiger partial charge in [-0.2, -0.15) is 0 Å². The van der Waals surface area contributed by atoms with Crippen molar-refractivity contribution >= 4 is 28.8 Å². The molecule has 1 aromatic heterocycles. The van der Waals surface area contributed by atoms with Gasteiger partial charge in [0.2, 0.25) is 0 Å². The molecule has 0 fully saturated rings. The predicted molar refractivity (Wildman–Crippen MR) is 46.4 cm³/mol. The summed E-state index contributed by atoms with van der Waals surface area (Å²) < 4.78 is 1.21. The van der Waals surface area contributed by atoms with Gasteiger partial charge in [-0.05, 0) is 0 Å². The molecule has 0 aliphatic heterocycles. The molecule has 0 saturated heterocycles. The molecule has 1 amide bonds. The standard InChI is InChI=1S/C5H4IN3O2/c6-9-2-1-8-3(4(7)10)5(9)11/h1-2H,(H2,7,10). The van der Waals surface area contributed by atoms with E-state index in [9.17, 15) is 9.59 Å². The summed E-state index contributed by atoms with van der Waals surface area (Å²) in [5.74, 6) is -0.805. The van der Waals surface area contributed by atoms with Crippen molar-refractivity contribution in [3.05, 3.63) is 28.4 Å². The number of hydrogen-bond acceptors (Lipinski definition) is 3. The lowest BCUT2D eigenvalue weighted by Crippen LogP contribution is -2.27. The van der Waals surface area contributed by atoms with Gasteiger partial charge < -0.3 is 5.73 Å². The van der Waals surface area contributed by atoms with Crippen LogP contribution in [0.4, 0.5) is 0 Å². The number of carbonyl (C=O) groups excluding carboxylic acids is 1. The average Bonchev–Trinajstić information content (AvgIpc) is 1.94. The van der Waals surface area contributed by atoms with E-state index >= 15 is 0 Å². The minimum atomic E-state index is -0.805. The fourth-order valence-corrected chi connectivity index (χ4v) is 0.932. The van der Waals surface area contributed by atoms with Crippen molar-refractivity contribution in [1.29, 1.82) is 0 Å². The van der Waals surface area contributed by atoms with Gasteiger partial charge in [-0.1, -0.05) is 0 Å². The highest BCUT2D eigenvalue weighted by Gasteiger charge is 2.07. The number of amides is 1. The van der Waals surface area contributed by atoms with Crippen molar-refractivity contribution in [2.45, 2.75) is 0 Å². The lowest BCUT2D eigenvalue weighted by Gasteiger charge is -1.94. The molecule has 1 heterocycles. The van der Waals surface area contributed by atoms with E-state index in [-0.39, 0.29) is 5.69 Å². The molecular formula is C5H4IN3O2. The van der Waals surface area contributed by atoms with Crippen molar-refractivity contribution in [2.24, 2.45) is 5.73 Å². The van der Waals surface area contributed by atoms with Crippen LogP contribution in [0.15, 0.2) is 17.2 Å². The molecule has 11 heavy (non-hydrogen) atoms. The number of rotatable bonds is 1. The summed E-state index contributed by atoms with van der Waals surface area (Å²) in [6, 6.07) is 0. The molecule has 0 atom stereocenters. The van der Waals surface area contributed by atoms with Crippen LogP contribution in [-0.4, -0.2) is 13.7 Å². The number of halogens is 1. The highest BCUT2D eigenvalue weighted by molar-refractivity contribution is 14.1. The topological polar surface area (TPSA) is 78.0 Å². The Hall–Kier alpha value is -0.920. The molecule has 0 aliphatic carbocycles. The third-order valence-corrected chi connectivity index (χ3v) is 1.79. The minimum absolute atomic E-state index is 0.234. The maximum Gasteiger partial charge on any atom is 0.290 e. The van der Waals surface area contributed by atoms with E-state index in [1.807, 2.05) is 0 Å². The molecule has 0 bridgehead atoms. The fraction of sp³-hybridized carbons (Fsp3) is 0. The maximum atomic E-state index is 11.0. The van der Waals surface area contributed by atoms with Crippen molar-refractivity contribution < 1.29 is 4.79 Å². The summed E-state index contributed by atoms with van der Waals surface area (Å²) in [7, 11) is 0. The normalized spacial score (nSPS) is 9.55. The van der Waals surface area contributed by atoms with Gasteiger partial charge in [0.25, 0.3) is 11.5 Å². The molecule has 1 rings (SSSR count). The summed E-state index contributed by atoms with van der Waals surface area (Å²) in [5, 5.41) is 0. The zero-order valence-corrected chi connectivity index (χ0v) is 7.48. The van der Waals surface area contributed by atoms with Gasteiger partial charge in [-0.25, -0.2) is 4.98 Å². The highest BCUT2D eigenvalue weighted by Crippen LogP contribution is 1.88. The Labute approximate surface area is 75.7 Å². The van der Waals surface area contributed by atoms with Gasteiger partial charge in [-0.3, -0.25) is 12.4 Å². The van der Waals surface area contributed by atoms with Gasteiger partial charge in [0.15, 0.2) is 5.69 Å². The first-order valence-corrected chi connectivity index (χ1v) is 3.63. The third kappa shape index (κ3) is 1.56.